The van der Waals surface area contributed by atoms with Crippen molar-refractivity contribution < 1.29 is 4.79 Å². The number of rotatable bonds is 4. The number of aryl methyl sites for hydroxylation is 1. The van der Waals surface area contributed by atoms with E-state index in [9.17, 15) is 4.79 Å². The van der Waals surface area contributed by atoms with Gasteiger partial charge in [-0.3, -0.25) is 9.78 Å². The highest BCUT2D eigenvalue weighted by atomic mass is 16.1. The molecule has 1 amide bonds. The molecule has 1 saturated heterocycles. The van der Waals surface area contributed by atoms with Gasteiger partial charge in [0, 0.05) is 37.2 Å². The highest BCUT2D eigenvalue weighted by molar-refractivity contribution is 5.94. The van der Waals surface area contributed by atoms with Crippen LogP contribution < -0.4 is 10.2 Å². The van der Waals surface area contributed by atoms with Gasteiger partial charge in [-0.05, 0) is 49.1 Å². The Bertz CT molecular complexity index is 649. The molecule has 2 heterocycles. The van der Waals surface area contributed by atoms with Gasteiger partial charge in [0.05, 0.1) is 5.56 Å². The number of piperidine rings is 1. The Kier molecular flexibility index (Phi) is 4.91. The third-order valence-corrected chi connectivity index (χ3v) is 4.44. The maximum absolute atomic E-state index is 12.2. The lowest BCUT2D eigenvalue weighted by Crippen LogP contribution is -2.44. The quantitative estimate of drug-likeness (QED) is 0.944. The highest BCUT2D eigenvalue weighted by Crippen LogP contribution is 2.21. The van der Waals surface area contributed by atoms with Crippen molar-refractivity contribution in [1.29, 1.82) is 0 Å². The molecule has 2 aromatic rings. The zero-order valence-electron chi connectivity index (χ0n) is 13.5. The molecule has 0 bridgehead atoms. The Morgan fingerprint density at radius 2 is 2.09 bits per heavy atom. The number of aromatic nitrogens is 1. The molecule has 3 rings (SSSR count). The Balaban J connectivity index is 1.55. The van der Waals surface area contributed by atoms with E-state index >= 15 is 0 Å². The molecule has 0 aliphatic carbocycles. The van der Waals surface area contributed by atoms with Crippen LogP contribution in [0.4, 0.5) is 5.69 Å². The number of hydrogen-bond donors (Lipinski definition) is 1. The molecule has 0 spiro atoms. The second kappa shape index (κ2) is 7.27. The molecule has 1 aliphatic rings. The van der Waals surface area contributed by atoms with E-state index in [1.165, 1.54) is 11.3 Å². The molecule has 1 N–H and O–H groups in total. The minimum Gasteiger partial charge on any atom is -0.371 e. The summed E-state index contributed by atoms with van der Waals surface area (Å²) in [7, 11) is 0. The first-order chi connectivity index (χ1) is 11.3. The molecule has 0 radical (unpaired) electrons. The van der Waals surface area contributed by atoms with Crippen LogP contribution in [0.25, 0.3) is 0 Å². The first-order valence-electron chi connectivity index (χ1n) is 8.31. The van der Waals surface area contributed by atoms with Gasteiger partial charge in [0.15, 0.2) is 0 Å². The molecule has 0 saturated carbocycles. The van der Waals surface area contributed by atoms with E-state index in [0.29, 0.717) is 5.56 Å². The lowest BCUT2D eigenvalue weighted by atomic mass is 10.0. The summed E-state index contributed by atoms with van der Waals surface area (Å²) >= 11 is 0. The van der Waals surface area contributed by atoms with Crippen molar-refractivity contribution in [3.8, 4) is 0 Å². The summed E-state index contributed by atoms with van der Waals surface area (Å²) in [6, 6.07) is 12.6. The normalized spacial score (nSPS) is 15.4. The summed E-state index contributed by atoms with van der Waals surface area (Å²) in [6.07, 6.45) is 6.30. The van der Waals surface area contributed by atoms with Gasteiger partial charge in [-0.2, -0.15) is 0 Å². The third kappa shape index (κ3) is 3.89. The molecular weight excluding hydrogens is 286 g/mol. The summed E-state index contributed by atoms with van der Waals surface area (Å²) in [4.78, 5) is 18.6. The predicted molar refractivity (Wildman–Crippen MR) is 92.8 cm³/mol. The monoisotopic (exact) mass is 309 g/mol. The Hall–Kier alpha value is -2.36. The van der Waals surface area contributed by atoms with Crippen LogP contribution in [0.5, 0.6) is 0 Å². The maximum Gasteiger partial charge on any atom is 0.253 e. The van der Waals surface area contributed by atoms with Crippen molar-refractivity contribution in [2.75, 3.05) is 18.0 Å². The fraction of sp³-hybridized carbons (Fsp3) is 0.368. The van der Waals surface area contributed by atoms with Crippen LogP contribution in [0.1, 0.15) is 35.7 Å². The lowest BCUT2D eigenvalue weighted by molar-refractivity contribution is 0.0930. The summed E-state index contributed by atoms with van der Waals surface area (Å²) in [5, 5.41) is 3.12. The number of carbonyl (C=O) groups is 1. The van der Waals surface area contributed by atoms with E-state index in [0.717, 1.165) is 32.4 Å². The standard InChI is InChI=1S/C19H23N3O/c1-2-15-5-3-7-18(13-15)22-11-8-17(9-12-22)21-19(23)16-6-4-10-20-14-16/h3-7,10,13-14,17H,2,8-9,11-12H2,1H3,(H,21,23). The fourth-order valence-electron chi connectivity index (χ4n) is 3.02. The van der Waals surface area contributed by atoms with Crippen molar-refractivity contribution in [2.24, 2.45) is 0 Å². The van der Waals surface area contributed by atoms with Gasteiger partial charge in [-0.1, -0.05) is 19.1 Å². The molecule has 120 valence electrons. The first kappa shape index (κ1) is 15.5. The number of amides is 1. The van der Waals surface area contributed by atoms with Crippen molar-refractivity contribution in [3.63, 3.8) is 0 Å². The second-order valence-corrected chi connectivity index (χ2v) is 6.00. The van der Waals surface area contributed by atoms with E-state index in [2.05, 4.69) is 46.4 Å². The van der Waals surface area contributed by atoms with E-state index in [1.54, 1.807) is 24.5 Å². The Labute approximate surface area is 137 Å². The average Bonchev–Trinajstić information content (AvgIpc) is 2.63. The zero-order valence-corrected chi connectivity index (χ0v) is 13.5. The van der Waals surface area contributed by atoms with E-state index in [4.69, 9.17) is 0 Å². The fourth-order valence-corrected chi connectivity index (χ4v) is 3.02. The molecular formula is C19H23N3O. The van der Waals surface area contributed by atoms with Crippen LogP contribution in [0.2, 0.25) is 0 Å². The molecule has 23 heavy (non-hydrogen) atoms. The number of anilines is 1. The number of nitrogens with one attached hydrogen (secondary N) is 1. The van der Waals surface area contributed by atoms with Gasteiger partial charge < -0.3 is 10.2 Å². The number of benzene rings is 1. The van der Waals surface area contributed by atoms with Crippen LogP contribution >= 0.6 is 0 Å². The number of nitrogens with zero attached hydrogens (tertiary/aromatic N) is 2. The van der Waals surface area contributed by atoms with Gasteiger partial charge in [-0.15, -0.1) is 0 Å². The maximum atomic E-state index is 12.2. The van der Waals surface area contributed by atoms with Crippen LogP contribution in [-0.4, -0.2) is 30.0 Å². The van der Waals surface area contributed by atoms with E-state index in [-0.39, 0.29) is 11.9 Å². The van der Waals surface area contributed by atoms with E-state index < -0.39 is 0 Å². The molecule has 1 fully saturated rings. The molecule has 4 nitrogen and oxygen atoms in total. The van der Waals surface area contributed by atoms with Crippen LogP contribution in [0, 0.1) is 0 Å². The first-order valence-corrected chi connectivity index (χ1v) is 8.31. The molecule has 1 aromatic carbocycles. The number of hydrogen-bond acceptors (Lipinski definition) is 3. The summed E-state index contributed by atoms with van der Waals surface area (Å²) in [6.45, 7) is 4.13. The summed E-state index contributed by atoms with van der Waals surface area (Å²) in [5.74, 6) is -0.0236. The highest BCUT2D eigenvalue weighted by Gasteiger charge is 2.21. The van der Waals surface area contributed by atoms with Crippen molar-refractivity contribution in [2.45, 2.75) is 32.2 Å². The minimum absolute atomic E-state index is 0.0236. The molecule has 0 atom stereocenters. The zero-order chi connectivity index (χ0) is 16.1. The van der Waals surface area contributed by atoms with Crippen molar-refractivity contribution in [3.05, 3.63) is 59.9 Å². The Morgan fingerprint density at radius 1 is 1.26 bits per heavy atom. The molecule has 0 unspecified atom stereocenters. The summed E-state index contributed by atoms with van der Waals surface area (Å²) in [5.41, 5.74) is 3.29. The van der Waals surface area contributed by atoms with Crippen LogP contribution in [0.15, 0.2) is 48.8 Å². The van der Waals surface area contributed by atoms with Gasteiger partial charge in [0.1, 0.15) is 0 Å². The average molecular weight is 309 g/mol. The Morgan fingerprint density at radius 3 is 2.78 bits per heavy atom. The number of carbonyl (C=O) groups excluding carboxylic acids is 1. The smallest absolute Gasteiger partial charge is 0.253 e. The van der Waals surface area contributed by atoms with Gasteiger partial charge in [0.25, 0.3) is 5.91 Å². The van der Waals surface area contributed by atoms with Gasteiger partial charge in [-0.25, -0.2) is 0 Å². The summed E-state index contributed by atoms with van der Waals surface area (Å²) < 4.78 is 0. The number of pyridine rings is 1. The second-order valence-electron chi connectivity index (χ2n) is 6.00. The molecule has 1 aliphatic heterocycles. The third-order valence-electron chi connectivity index (χ3n) is 4.44. The minimum atomic E-state index is -0.0236. The SMILES string of the molecule is CCc1cccc(N2CCC(NC(=O)c3cccnc3)CC2)c1. The predicted octanol–water partition coefficient (Wildman–Crippen LogP) is 3.04. The van der Waals surface area contributed by atoms with Crippen LogP contribution in [-0.2, 0) is 6.42 Å². The van der Waals surface area contributed by atoms with E-state index in [1.807, 2.05) is 0 Å². The van der Waals surface area contributed by atoms with Gasteiger partial charge >= 0.3 is 0 Å². The molecule has 4 heteroatoms. The largest absolute Gasteiger partial charge is 0.371 e. The molecule has 1 aromatic heterocycles. The van der Waals surface area contributed by atoms with Crippen LogP contribution in [0.3, 0.4) is 0 Å². The van der Waals surface area contributed by atoms with Crippen molar-refractivity contribution >= 4 is 11.6 Å². The van der Waals surface area contributed by atoms with Crippen molar-refractivity contribution in [1.82, 2.24) is 10.3 Å². The lowest BCUT2D eigenvalue weighted by Gasteiger charge is -2.34. The van der Waals surface area contributed by atoms with Gasteiger partial charge in [0.2, 0.25) is 0 Å². The topological polar surface area (TPSA) is 45.2 Å².